The van der Waals surface area contributed by atoms with E-state index in [0.717, 1.165) is 10.0 Å². The van der Waals surface area contributed by atoms with Crippen LogP contribution in [0.15, 0.2) is 58.1 Å². The fourth-order valence-corrected chi connectivity index (χ4v) is 3.47. The number of para-hydroxylation sites is 2. The second-order valence-corrected chi connectivity index (χ2v) is 7.42. The van der Waals surface area contributed by atoms with Crippen LogP contribution in [0.2, 0.25) is 0 Å². The monoisotopic (exact) mass is 466 g/mol. The van der Waals surface area contributed by atoms with Crippen LogP contribution in [0.1, 0.15) is 15.9 Å². The van der Waals surface area contributed by atoms with Crippen LogP contribution in [0.4, 0.5) is 5.82 Å². The van der Waals surface area contributed by atoms with Crippen molar-refractivity contribution in [3.8, 4) is 0 Å². The first-order chi connectivity index (χ1) is 14.6. The maximum Gasteiger partial charge on any atom is 0.257 e. The van der Waals surface area contributed by atoms with Gasteiger partial charge in [-0.15, -0.1) is 0 Å². The molecule has 152 valence electrons. The highest BCUT2D eigenvalue weighted by molar-refractivity contribution is 9.10. The second kappa shape index (κ2) is 8.60. The predicted octanol–water partition coefficient (Wildman–Crippen LogP) is 3.19. The number of hydrogen-bond donors (Lipinski definition) is 2. The van der Waals surface area contributed by atoms with Gasteiger partial charge in [-0.3, -0.25) is 4.79 Å². The maximum atomic E-state index is 12.8. The lowest BCUT2D eigenvalue weighted by Crippen LogP contribution is -2.27. The molecule has 2 heterocycles. The SMILES string of the molecule is COCCNC(=O)c1c(N)n(/N=C/c2cccc(Br)c2)c2nc3ccccc3nc12. The van der Waals surface area contributed by atoms with Gasteiger partial charge in [-0.1, -0.05) is 40.2 Å². The highest BCUT2D eigenvalue weighted by Gasteiger charge is 2.23. The Morgan fingerprint density at radius 2 is 2.00 bits per heavy atom. The van der Waals surface area contributed by atoms with E-state index in [1.54, 1.807) is 13.3 Å². The van der Waals surface area contributed by atoms with Crippen molar-refractivity contribution in [2.24, 2.45) is 5.10 Å². The number of amides is 1. The summed E-state index contributed by atoms with van der Waals surface area (Å²) in [6.45, 7) is 0.740. The minimum Gasteiger partial charge on any atom is -0.383 e. The number of ether oxygens (including phenoxy) is 1. The van der Waals surface area contributed by atoms with E-state index in [1.165, 1.54) is 4.68 Å². The van der Waals surface area contributed by atoms with Gasteiger partial charge in [-0.25, -0.2) is 9.97 Å². The Balaban J connectivity index is 1.86. The van der Waals surface area contributed by atoms with Crippen LogP contribution >= 0.6 is 15.9 Å². The van der Waals surface area contributed by atoms with Crippen molar-refractivity contribution in [1.29, 1.82) is 0 Å². The van der Waals surface area contributed by atoms with Crippen LogP contribution in [0.5, 0.6) is 0 Å². The smallest absolute Gasteiger partial charge is 0.257 e. The first-order valence-electron chi connectivity index (χ1n) is 9.22. The van der Waals surface area contributed by atoms with Gasteiger partial charge in [0.25, 0.3) is 5.91 Å². The quantitative estimate of drug-likeness (QED) is 0.335. The zero-order chi connectivity index (χ0) is 21.1. The van der Waals surface area contributed by atoms with E-state index in [4.69, 9.17) is 10.5 Å². The number of nitrogen functional groups attached to an aromatic ring is 1. The van der Waals surface area contributed by atoms with E-state index in [2.05, 4.69) is 36.3 Å². The lowest BCUT2D eigenvalue weighted by atomic mass is 10.2. The Labute approximate surface area is 180 Å². The Hall–Kier alpha value is -3.30. The summed E-state index contributed by atoms with van der Waals surface area (Å²) < 4.78 is 7.38. The number of carbonyl (C=O) groups is 1. The molecule has 3 N–H and O–H groups in total. The fourth-order valence-electron chi connectivity index (χ4n) is 3.05. The first-order valence-corrected chi connectivity index (χ1v) is 10.0. The topological polar surface area (TPSA) is 107 Å². The number of hydrogen-bond acceptors (Lipinski definition) is 6. The number of fused-ring (bicyclic) bond motifs is 2. The van der Waals surface area contributed by atoms with Gasteiger partial charge >= 0.3 is 0 Å². The predicted molar refractivity (Wildman–Crippen MR) is 121 cm³/mol. The van der Waals surface area contributed by atoms with Gasteiger partial charge in [0.15, 0.2) is 5.65 Å². The molecule has 0 spiro atoms. The van der Waals surface area contributed by atoms with E-state index in [9.17, 15) is 4.79 Å². The molecule has 1 amide bonds. The van der Waals surface area contributed by atoms with Gasteiger partial charge in [-0.2, -0.15) is 9.78 Å². The molecule has 2 aromatic carbocycles. The van der Waals surface area contributed by atoms with Crippen LogP contribution < -0.4 is 11.1 Å². The molecule has 0 aliphatic heterocycles. The van der Waals surface area contributed by atoms with E-state index < -0.39 is 0 Å². The third-order valence-electron chi connectivity index (χ3n) is 4.46. The standard InChI is InChI=1S/C21H19BrN6O2/c1-30-10-9-24-21(29)17-18-20(27-16-8-3-2-7-15(16)26-18)28(19(17)23)25-12-13-5-4-6-14(22)11-13/h2-8,11-12H,9-10,23H2,1H3,(H,24,29)/b25-12+. The lowest BCUT2D eigenvalue weighted by molar-refractivity contribution is 0.0939. The van der Waals surface area contributed by atoms with Gasteiger partial charge < -0.3 is 15.8 Å². The number of carbonyl (C=O) groups excluding carboxylic acids is 1. The molecule has 30 heavy (non-hydrogen) atoms. The average molecular weight is 467 g/mol. The summed E-state index contributed by atoms with van der Waals surface area (Å²) in [6, 6.07) is 15.1. The van der Waals surface area contributed by atoms with Gasteiger partial charge in [-0.05, 0) is 29.8 Å². The highest BCUT2D eigenvalue weighted by atomic mass is 79.9. The number of rotatable bonds is 6. The molecular weight excluding hydrogens is 448 g/mol. The number of methoxy groups -OCH3 is 1. The van der Waals surface area contributed by atoms with E-state index in [0.29, 0.717) is 35.3 Å². The molecule has 0 saturated carbocycles. The molecule has 0 bridgehead atoms. The zero-order valence-electron chi connectivity index (χ0n) is 16.2. The molecule has 0 aliphatic carbocycles. The van der Waals surface area contributed by atoms with Gasteiger partial charge in [0.2, 0.25) is 0 Å². The third-order valence-corrected chi connectivity index (χ3v) is 4.96. The molecule has 4 rings (SSSR count). The Morgan fingerprint density at radius 1 is 1.23 bits per heavy atom. The minimum atomic E-state index is -0.351. The summed E-state index contributed by atoms with van der Waals surface area (Å²) in [6.07, 6.45) is 1.66. The fraction of sp³-hybridized carbons (Fsp3) is 0.143. The van der Waals surface area contributed by atoms with Crippen molar-refractivity contribution in [1.82, 2.24) is 20.0 Å². The summed E-state index contributed by atoms with van der Waals surface area (Å²) in [5.41, 5.74) is 9.62. The van der Waals surface area contributed by atoms with E-state index in [1.807, 2.05) is 48.5 Å². The average Bonchev–Trinajstić information content (AvgIpc) is 3.01. The molecule has 4 aromatic rings. The highest BCUT2D eigenvalue weighted by Crippen LogP contribution is 2.27. The summed E-state index contributed by atoms with van der Waals surface area (Å²) >= 11 is 3.44. The van der Waals surface area contributed by atoms with Crippen LogP contribution in [-0.2, 0) is 4.74 Å². The molecule has 0 fully saturated rings. The van der Waals surface area contributed by atoms with Gasteiger partial charge in [0.1, 0.15) is 16.9 Å². The largest absolute Gasteiger partial charge is 0.383 e. The molecule has 8 nitrogen and oxygen atoms in total. The van der Waals surface area contributed by atoms with Gasteiger partial charge in [0.05, 0.1) is 23.9 Å². The lowest BCUT2D eigenvalue weighted by Gasteiger charge is -2.04. The summed E-state index contributed by atoms with van der Waals surface area (Å²) in [5, 5.41) is 7.28. The van der Waals surface area contributed by atoms with Crippen molar-refractivity contribution in [3.05, 3.63) is 64.1 Å². The van der Waals surface area contributed by atoms with Crippen LogP contribution in [0.3, 0.4) is 0 Å². The number of aromatic nitrogens is 3. The number of nitrogens with two attached hydrogens (primary N) is 1. The molecule has 0 atom stereocenters. The molecule has 0 aliphatic rings. The third kappa shape index (κ3) is 3.89. The van der Waals surface area contributed by atoms with E-state index >= 15 is 0 Å². The van der Waals surface area contributed by atoms with Crippen LogP contribution in [0, 0.1) is 0 Å². The number of halogens is 1. The van der Waals surface area contributed by atoms with Crippen molar-refractivity contribution >= 4 is 56.1 Å². The number of benzene rings is 2. The van der Waals surface area contributed by atoms with Gasteiger partial charge in [0, 0.05) is 18.1 Å². The summed E-state index contributed by atoms with van der Waals surface area (Å²) in [4.78, 5) is 22.1. The van der Waals surface area contributed by atoms with Crippen LogP contribution in [-0.4, -0.2) is 47.0 Å². The van der Waals surface area contributed by atoms with Crippen molar-refractivity contribution in [2.45, 2.75) is 0 Å². The molecule has 9 heteroatoms. The van der Waals surface area contributed by atoms with Crippen LogP contribution in [0.25, 0.3) is 22.2 Å². The molecular formula is C21H19BrN6O2. The number of anilines is 1. The normalized spacial score (nSPS) is 11.5. The zero-order valence-corrected chi connectivity index (χ0v) is 17.8. The van der Waals surface area contributed by atoms with Crippen molar-refractivity contribution in [3.63, 3.8) is 0 Å². The maximum absolute atomic E-state index is 12.8. The molecule has 0 radical (unpaired) electrons. The van der Waals surface area contributed by atoms with E-state index in [-0.39, 0.29) is 17.3 Å². The minimum absolute atomic E-state index is 0.168. The first kappa shape index (κ1) is 20.0. The number of nitrogens with zero attached hydrogens (tertiary/aromatic N) is 4. The Bertz CT molecular complexity index is 1270. The molecule has 0 unspecified atom stereocenters. The molecule has 2 aromatic heterocycles. The molecule has 0 saturated heterocycles. The van der Waals surface area contributed by atoms with Crippen molar-refractivity contribution < 1.29 is 9.53 Å². The summed E-state index contributed by atoms with van der Waals surface area (Å²) in [7, 11) is 1.57. The number of nitrogens with one attached hydrogen (secondary N) is 1. The Morgan fingerprint density at radius 3 is 2.73 bits per heavy atom. The second-order valence-electron chi connectivity index (χ2n) is 6.50. The van der Waals surface area contributed by atoms with Crippen molar-refractivity contribution in [2.75, 3.05) is 26.0 Å². The Kier molecular flexibility index (Phi) is 5.73. The summed E-state index contributed by atoms with van der Waals surface area (Å²) in [5.74, 6) is -0.183.